The zero-order chi connectivity index (χ0) is 18.4. The normalized spacial score (nSPS) is 11.3. The van der Waals surface area contributed by atoms with Crippen molar-refractivity contribution in [3.05, 3.63) is 94.8 Å². The smallest absolute Gasteiger partial charge is 0.336 e. The van der Waals surface area contributed by atoms with Gasteiger partial charge in [0.25, 0.3) is 0 Å². The van der Waals surface area contributed by atoms with Gasteiger partial charge in [-0.15, -0.1) is 0 Å². The summed E-state index contributed by atoms with van der Waals surface area (Å²) in [5.41, 5.74) is 6.68. The number of aromatic nitrogens is 1. The van der Waals surface area contributed by atoms with Crippen LogP contribution in [0.2, 0.25) is 0 Å². The lowest BCUT2D eigenvalue weighted by molar-refractivity contribution is 0.560. The summed E-state index contributed by atoms with van der Waals surface area (Å²) in [5, 5.41) is 2.07. The summed E-state index contributed by atoms with van der Waals surface area (Å²) >= 11 is 0. The average Bonchev–Trinajstić information content (AvgIpc) is 3.08. The number of nitrogens with one attached hydrogen (secondary N) is 1. The molecule has 3 aromatic carbocycles. The molecule has 0 aliphatic heterocycles. The van der Waals surface area contributed by atoms with Gasteiger partial charge in [0.05, 0.1) is 11.2 Å². The third-order valence-electron chi connectivity index (χ3n) is 5.00. The molecule has 130 valence electrons. The van der Waals surface area contributed by atoms with Gasteiger partial charge in [-0.2, -0.15) is 0 Å². The van der Waals surface area contributed by atoms with E-state index in [9.17, 15) is 4.79 Å². The van der Waals surface area contributed by atoms with Crippen molar-refractivity contribution in [3.63, 3.8) is 0 Å². The van der Waals surface area contributed by atoms with E-state index < -0.39 is 0 Å². The second-order valence-corrected chi connectivity index (χ2v) is 6.72. The lowest BCUT2D eigenvalue weighted by Crippen LogP contribution is -1.97. The first-order valence-electron chi connectivity index (χ1n) is 8.92. The van der Waals surface area contributed by atoms with Crippen LogP contribution in [-0.4, -0.2) is 4.98 Å². The summed E-state index contributed by atoms with van der Waals surface area (Å²) in [6.45, 7) is 1.95. The number of fused-ring (bicyclic) bond motifs is 3. The second-order valence-electron chi connectivity index (χ2n) is 6.72. The minimum absolute atomic E-state index is 0.322. The molecule has 5 rings (SSSR count). The fourth-order valence-electron chi connectivity index (χ4n) is 3.83. The molecule has 2 heterocycles. The predicted molar refractivity (Wildman–Crippen MR) is 110 cm³/mol. The maximum Gasteiger partial charge on any atom is 0.336 e. The lowest BCUT2D eigenvalue weighted by atomic mass is 9.97. The van der Waals surface area contributed by atoms with Gasteiger partial charge in [0.15, 0.2) is 0 Å². The van der Waals surface area contributed by atoms with E-state index in [1.165, 1.54) is 0 Å². The molecule has 0 aliphatic carbocycles. The van der Waals surface area contributed by atoms with Gasteiger partial charge in [0.2, 0.25) is 0 Å². The summed E-state index contributed by atoms with van der Waals surface area (Å²) in [7, 11) is 0. The van der Waals surface area contributed by atoms with E-state index in [2.05, 4.69) is 29.2 Å². The van der Waals surface area contributed by atoms with Crippen LogP contribution in [0.4, 0.5) is 0 Å². The Morgan fingerprint density at radius 3 is 2.19 bits per heavy atom. The summed E-state index contributed by atoms with van der Waals surface area (Å²) < 4.78 is 5.44. The molecule has 1 N–H and O–H groups in total. The Kier molecular flexibility index (Phi) is 3.47. The highest BCUT2D eigenvalue weighted by molar-refractivity contribution is 6.14. The third kappa shape index (κ3) is 2.48. The highest BCUT2D eigenvalue weighted by Crippen LogP contribution is 2.40. The molecule has 0 amide bonds. The maximum absolute atomic E-state index is 11.8. The zero-order valence-electron chi connectivity index (χ0n) is 14.8. The summed E-state index contributed by atoms with van der Waals surface area (Å²) in [6, 6.07) is 26.1. The van der Waals surface area contributed by atoms with Crippen LogP contribution in [-0.2, 0) is 0 Å². The Labute approximate surface area is 155 Å². The highest BCUT2D eigenvalue weighted by Gasteiger charge is 2.18. The molecule has 0 spiro atoms. The molecule has 0 radical (unpaired) electrons. The van der Waals surface area contributed by atoms with Crippen molar-refractivity contribution in [2.75, 3.05) is 0 Å². The van der Waals surface area contributed by atoms with Gasteiger partial charge in [-0.1, -0.05) is 60.7 Å². The number of benzene rings is 3. The van der Waals surface area contributed by atoms with Crippen molar-refractivity contribution in [2.45, 2.75) is 6.92 Å². The average molecular weight is 351 g/mol. The number of H-pyrrole nitrogens is 1. The molecule has 3 heteroatoms. The molecule has 3 nitrogen and oxygen atoms in total. The van der Waals surface area contributed by atoms with Crippen molar-refractivity contribution in [1.29, 1.82) is 0 Å². The van der Waals surface area contributed by atoms with E-state index in [0.29, 0.717) is 5.58 Å². The third-order valence-corrected chi connectivity index (χ3v) is 5.00. The first-order valence-corrected chi connectivity index (χ1v) is 8.92. The van der Waals surface area contributed by atoms with Crippen LogP contribution >= 0.6 is 0 Å². The van der Waals surface area contributed by atoms with Gasteiger partial charge in [-0.3, -0.25) is 0 Å². The second kappa shape index (κ2) is 5.99. The van der Waals surface area contributed by atoms with E-state index in [0.717, 1.165) is 44.2 Å². The van der Waals surface area contributed by atoms with Crippen molar-refractivity contribution >= 4 is 21.9 Å². The van der Waals surface area contributed by atoms with E-state index in [1.807, 2.05) is 55.5 Å². The van der Waals surface area contributed by atoms with Crippen molar-refractivity contribution < 1.29 is 4.42 Å². The Bertz CT molecular complexity index is 1330. The Balaban J connectivity index is 1.96. The van der Waals surface area contributed by atoms with Crippen LogP contribution in [0, 0.1) is 6.92 Å². The first kappa shape index (κ1) is 15.6. The molecule has 0 atom stereocenters. The van der Waals surface area contributed by atoms with E-state index >= 15 is 0 Å². The fraction of sp³-hybridized carbons (Fsp3) is 0.0417. The molecular formula is C24H17NO2. The first-order chi connectivity index (χ1) is 13.2. The molecule has 0 fully saturated rings. The van der Waals surface area contributed by atoms with Crippen LogP contribution in [0.1, 0.15) is 5.56 Å². The Morgan fingerprint density at radius 2 is 1.48 bits per heavy atom. The monoisotopic (exact) mass is 351 g/mol. The standard InChI is InChI=1S/C24H17NO2/c1-15-14-20(26)27-19-13-12-18-22(16-8-4-2-5-9-16)23(25-24(18)21(15)19)17-10-6-3-7-11-17/h2-14,25H,1H3. The SMILES string of the molecule is Cc1cc(=O)oc2ccc3c(-c4ccccc4)c(-c4ccccc4)[nH]c3c12. The van der Waals surface area contributed by atoms with Gasteiger partial charge in [0.1, 0.15) is 5.58 Å². The zero-order valence-corrected chi connectivity index (χ0v) is 14.8. The largest absolute Gasteiger partial charge is 0.423 e. The fourth-order valence-corrected chi connectivity index (χ4v) is 3.83. The molecule has 27 heavy (non-hydrogen) atoms. The maximum atomic E-state index is 11.8. The molecule has 0 saturated heterocycles. The van der Waals surface area contributed by atoms with Crippen molar-refractivity contribution in [1.82, 2.24) is 4.98 Å². The van der Waals surface area contributed by atoms with Crippen LogP contribution in [0.15, 0.2) is 88.1 Å². The van der Waals surface area contributed by atoms with Crippen LogP contribution in [0.5, 0.6) is 0 Å². The van der Waals surface area contributed by atoms with Crippen molar-refractivity contribution in [3.8, 4) is 22.4 Å². The Hall–Kier alpha value is -3.59. The molecule has 0 aliphatic rings. The molecule has 0 saturated carbocycles. The minimum atomic E-state index is -0.322. The van der Waals surface area contributed by atoms with E-state index in [-0.39, 0.29) is 5.63 Å². The summed E-state index contributed by atoms with van der Waals surface area (Å²) in [4.78, 5) is 15.4. The molecule has 0 unspecified atom stereocenters. The summed E-state index contributed by atoms with van der Waals surface area (Å²) in [5.74, 6) is 0. The number of rotatable bonds is 2. The van der Waals surface area contributed by atoms with Gasteiger partial charge < -0.3 is 9.40 Å². The van der Waals surface area contributed by atoms with Crippen LogP contribution in [0.3, 0.4) is 0 Å². The number of hydrogen-bond acceptors (Lipinski definition) is 2. The van der Waals surface area contributed by atoms with Crippen molar-refractivity contribution in [2.24, 2.45) is 0 Å². The van der Waals surface area contributed by atoms with E-state index in [4.69, 9.17) is 4.42 Å². The minimum Gasteiger partial charge on any atom is -0.423 e. The summed E-state index contributed by atoms with van der Waals surface area (Å²) in [6.07, 6.45) is 0. The topological polar surface area (TPSA) is 46.0 Å². The number of aryl methyl sites for hydroxylation is 1. The van der Waals surface area contributed by atoms with Crippen LogP contribution < -0.4 is 5.63 Å². The van der Waals surface area contributed by atoms with Gasteiger partial charge >= 0.3 is 5.63 Å². The van der Waals surface area contributed by atoms with E-state index in [1.54, 1.807) is 6.07 Å². The number of aromatic amines is 1. The number of hydrogen-bond donors (Lipinski definition) is 1. The Morgan fingerprint density at radius 1 is 0.815 bits per heavy atom. The van der Waals surface area contributed by atoms with Crippen LogP contribution in [0.25, 0.3) is 44.3 Å². The molecule has 2 aromatic heterocycles. The van der Waals surface area contributed by atoms with Gasteiger partial charge in [-0.05, 0) is 35.7 Å². The lowest BCUT2D eigenvalue weighted by Gasteiger charge is -2.06. The highest BCUT2D eigenvalue weighted by atomic mass is 16.4. The molecule has 0 bridgehead atoms. The van der Waals surface area contributed by atoms with Gasteiger partial charge in [-0.25, -0.2) is 4.79 Å². The molecular weight excluding hydrogens is 334 g/mol. The predicted octanol–water partition coefficient (Wildman–Crippen LogP) is 5.92. The van der Waals surface area contributed by atoms with Gasteiger partial charge in [0, 0.05) is 22.4 Å². The quantitative estimate of drug-likeness (QED) is 0.401. The molecule has 5 aromatic rings.